The van der Waals surface area contributed by atoms with Crippen molar-refractivity contribution in [3.05, 3.63) is 10.4 Å². The van der Waals surface area contributed by atoms with Gasteiger partial charge in [0.1, 0.15) is 48.8 Å². The largest absolute Gasteiger partial charge is 0.394 e. The SMILES string of the molecule is CC(=O)N[C@H]1[C@@H](OCCOCCOCCN=[N+]=[N-])O[C@H](CO)[C@H](O)[C@@H]1O[C@@H]1O[C@H](CO)[C@H](O)[C@H](O)[C@H]1O. The first-order valence-corrected chi connectivity index (χ1v) is 11.7. The molecule has 10 atom stereocenters. The Balaban J connectivity index is 2.01. The molecular formula is C20H36N4O13. The van der Waals surface area contributed by atoms with Crippen LogP contribution in [0.15, 0.2) is 5.11 Å². The van der Waals surface area contributed by atoms with Gasteiger partial charge in [0, 0.05) is 18.4 Å². The van der Waals surface area contributed by atoms with Crippen LogP contribution in [0.3, 0.4) is 0 Å². The Bertz CT molecular complexity index is 728. The Morgan fingerprint density at radius 1 is 0.892 bits per heavy atom. The van der Waals surface area contributed by atoms with Crippen molar-refractivity contribution in [1.82, 2.24) is 5.32 Å². The Morgan fingerprint density at radius 2 is 1.49 bits per heavy atom. The molecule has 1 amide bonds. The zero-order chi connectivity index (χ0) is 27.4. The third-order valence-corrected chi connectivity index (χ3v) is 5.64. The molecule has 0 bridgehead atoms. The van der Waals surface area contributed by atoms with Crippen molar-refractivity contribution in [2.24, 2.45) is 5.11 Å². The number of aliphatic hydroxyl groups is 6. The summed E-state index contributed by atoms with van der Waals surface area (Å²) in [5.74, 6) is -0.534. The van der Waals surface area contributed by atoms with Gasteiger partial charge in [-0.2, -0.15) is 0 Å². The van der Waals surface area contributed by atoms with Gasteiger partial charge in [-0.25, -0.2) is 0 Å². The number of hydrogen-bond acceptors (Lipinski definition) is 14. The van der Waals surface area contributed by atoms with Gasteiger partial charge < -0.3 is 64.4 Å². The molecule has 0 aliphatic carbocycles. The van der Waals surface area contributed by atoms with Gasteiger partial charge in [0.05, 0.1) is 46.2 Å². The number of nitrogens with one attached hydrogen (secondary N) is 1. The number of carbonyl (C=O) groups excluding carboxylic acids is 1. The first kappa shape index (κ1) is 31.5. The molecule has 2 rings (SSSR count). The minimum Gasteiger partial charge on any atom is -0.394 e. The number of ether oxygens (including phenoxy) is 6. The molecule has 7 N–H and O–H groups in total. The van der Waals surface area contributed by atoms with E-state index in [0.717, 1.165) is 0 Å². The van der Waals surface area contributed by atoms with Gasteiger partial charge in [-0.3, -0.25) is 4.79 Å². The summed E-state index contributed by atoms with van der Waals surface area (Å²) in [6.07, 6.45) is -13.3. The molecule has 2 aliphatic heterocycles. The van der Waals surface area contributed by atoms with E-state index in [1.54, 1.807) is 0 Å². The fourth-order valence-electron chi connectivity index (χ4n) is 3.79. The van der Waals surface area contributed by atoms with Crippen molar-refractivity contribution in [2.75, 3.05) is 52.8 Å². The summed E-state index contributed by atoms with van der Waals surface area (Å²) in [6, 6.07) is -1.16. The van der Waals surface area contributed by atoms with E-state index in [2.05, 4.69) is 15.3 Å². The van der Waals surface area contributed by atoms with E-state index < -0.39 is 80.5 Å². The molecule has 0 aromatic heterocycles. The number of carbonyl (C=O) groups is 1. The van der Waals surface area contributed by atoms with Crippen LogP contribution < -0.4 is 5.32 Å². The Labute approximate surface area is 212 Å². The third-order valence-electron chi connectivity index (χ3n) is 5.64. The number of hydrogen-bond donors (Lipinski definition) is 7. The van der Waals surface area contributed by atoms with Crippen molar-refractivity contribution >= 4 is 5.91 Å². The maximum Gasteiger partial charge on any atom is 0.217 e. The minimum absolute atomic E-state index is 0.0273. The van der Waals surface area contributed by atoms with Gasteiger partial charge in [-0.1, -0.05) is 5.11 Å². The molecule has 0 aromatic carbocycles. The quantitative estimate of drug-likeness (QED) is 0.0454. The highest BCUT2D eigenvalue weighted by Gasteiger charge is 2.51. The second-order valence-corrected chi connectivity index (χ2v) is 8.29. The van der Waals surface area contributed by atoms with Gasteiger partial charge in [0.2, 0.25) is 5.91 Å². The van der Waals surface area contributed by atoms with Gasteiger partial charge >= 0.3 is 0 Å². The maximum absolute atomic E-state index is 11.9. The van der Waals surface area contributed by atoms with Crippen LogP contribution in [0.1, 0.15) is 6.92 Å². The third kappa shape index (κ3) is 9.22. The molecule has 0 aromatic rings. The maximum atomic E-state index is 11.9. The second-order valence-electron chi connectivity index (χ2n) is 8.29. The summed E-state index contributed by atoms with van der Waals surface area (Å²) in [6.45, 7) is 0.859. The highest BCUT2D eigenvalue weighted by Crippen LogP contribution is 2.29. The Hall–Kier alpha value is -1.70. The number of azide groups is 1. The number of amides is 1. The van der Waals surface area contributed by atoms with Crippen LogP contribution in [-0.2, 0) is 33.2 Å². The topological polar surface area (TPSA) is 255 Å². The van der Waals surface area contributed by atoms with Crippen LogP contribution in [0.25, 0.3) is 10.4 Å². The molecule has 0 spiro atoms. The van der Waals surface area contributed by atoms with Crippen molar-refractivity contribution in [2.45, 2.75) is 68.3 Å². The highest BCUT2D eigenvalue weighted by atomic mass is 16.7. The number of rotatable bonds is 15. The van der Waals surface area contributed by atoms with Gasteiger partial charge in [0.25, 0.3) is 0 Å². The summed E-state index contributed by atoms with van der Waals surface area (Å²) in [5, 5.41) is 66.1. The van der Waals surface area contributed by atoms with E-state index in [0.29, 0.717) is 0 Å². The molecule has 214 valence electrons. The standard InChI is InChI=1S/C20H36N4O13/c1-10(27)23-13-18(37-20-17(31)16(30)14(28)11(8-25)36-20)15(29)12(9-26)35-19(13)34-7-6-33-5-4-32-3-2-22-24-21/h11-20,25-26,28-31H,2-9H2,1H3,(H,23,27)/t11-,12-,13-,14+,15+,16+,17-,18-,19+,20+/m1/s1. The van der Waals surface area contributed by atoms with Gasteiger partial charge in [-0.15, -0.1) is 0 Å². The molecule has 2 fully saturated rings. The molecule has 17 heteroatoms. The normalized spacial score (nSPS) is 36.1. The highest BCUT2D eigenvalue weighted by molar-refractivity contribution is 5.73. The lowest BCUT2D eigenvalue weighted by Gasteiger charge is -2.47. The zero-order valence-electron chi connectivity index (χ0n) is 20.3. The molecule has 2 heterocycles. The van der Waals surface area contributed by atoms with E-state index in [1.807, 2.05) is 0 Å². The Morgan fingerprint density at radius 3 is 2.11 bits per heavy atom. The summed E-state index contributed by atoms with van der Waals surface area (Å²) in [7, 11) is 0. The Kier molecular flexibility index (Phi) is 13.9. The summed E-state index contributed by atoms with van der Waals surface area (Å²) >= 11 is 0. The van der Waals surface area contributed by atoms with E-state index in [4.69, 9.17) is 34.0 Å². The lowest BCUT2D eigenvalue weighted by molar-refractivity contribution is -0.345. The van der Waals surface area contributed by atoms with Crippen LogP contribution in [-0.4, -0.2) is 151 Å². The number of nitrogens with zero attached hydrogens (tertiary/aromatic N) is 3. The first-order chi connectivity index (χ1) is 17.7. The molecule has 0 saturated carbocycles. The summed E-state index contributed by atoms with van der Waals surface area (Å²) in [4.78, 5) is 14.5. The van der Waals surface area contributed by atoms with Gasteiger partial charge in [-0.05, 0) is 5.53 Å². The first-order valence-electron chi connectivity index (χ1n) is 11.7. The molecule has 37 heavy (non-hydrogen) atoms. The smallest absolute Gasteiger partial charge is 0.217 e. The summed E-state index contributed by atoms with van der Waals surface area (Å²) < 4.78 is 32.9. The van der Waals surface area contributed by atoms with Crippen molar-refractivity contribution in [1.29, 1.82) is 0 Å². The van der Waals surface area contributed by atoms with E-state index in [-0.39, 0.29) is 39.6 Å². The van der Waals surface area contributed by atoms with E-state index in [1.165, 1.54) is 6.92 Å². The van der Waals surface area contributed by atoms with Gasteiger partial charge in [0.15, 0.2) is 12.6 Å². The average Bonchev–Trinajstić information content (AvgIpc) is 2.88. The molecule has 17 nitrogen and oxygen atoms in total. The minimum atomic E-state index is -1.76. The molecule has 0 radical (unpaired) electrons. The van der Waals surface area contributed by atoms with Crippen molar-refractivity contribution in [3.8, 4) is 0 Å². The molecular weight excluding hydrogens is 504 g/mol. The lowest BCUT2D eigenvalue weighted by Crippen LogP contribution is -2.68. The zero-order valence-corrected chi connectivity index (χ0v) is 20.3. The number of aliphatic hydroxyl groups excluding tert-OH is 6. The van der Waals surface area contributed by atoms with Crippen LogP contribution in [0.2, 0.25) is 0 Å². The fraction of sp³-hybridized carbons (Fsp3) is 0.950. The lowest BCUT2D eigenvalue weighted by atomic mass is 9.95. The fourth-order valence-corrected chi connectivity index (χ4v) is 3.79. The van der Waals surface area contributed by atoms with Crippen LogP contribution in [0, 0.1) is 0 Å². The van der Waals surface area contributed by atoms with Crippen LogP contribution in [0.5, 0.6) is 0 Å². The van der Waals surface area contributed by atoms with E-state index >= 15 is 0 Å². The van der Waals surface area contributed by atoms with Crippen molar-refractivity contribution in [3.63, 3.8) is 0 Å². The monoisotopic (exact) mass is 540 g/mol. The average molecular weight is 541 g/mol. The van der Waals surface area contributed by atoms with Crippen LogP contribution >= 0.6 is 0 Å². The predicted molar refractivity (Wildman–Crippen MR) is 120 cm³/mol. The second kappa shape index (κ2) is 16.3. The molecule has 2 aliphatic rings. The summed E-state index contributed by atoms with van der Waals surface area (Å²) in [5.41, 5.74) is 8.19. The predicted octanol–water partition coefficient (Wildman–Crippen LogP) is -3.89. The van der Waals surface area contributed by atoms with Crippen molar-refractivity contribution < 1.29 is 63.9 Å². The molecule has 2 saturated heterocycles. The van der Waals surface area contributed by atoms with E-state index in [9.17, 15) is 35.4 Å². The molecule has 0 unspecified atom stereocenters. The van der Waals surface area contributed by atoms with Crippen LogP contribution in [0.4, 0.5) is 0 Å².